The summed E-state index contributed by atoms with van der Waals surface area (Å²) >= 11 is 1.52. The van der Waals surface area contributed by atoms with E-state index in [2.05, 4.69) is 10.2 Å². The standard InChI is InChI=1S/C20H16N4O2S/c1-12-14-8-4-6-10-16(14)26-18(12)19-21-22-20-24(19)23-17(27-20)11-13-7-3-5-9-15(13)25-2/h3-10H,11H2,1-2H3. The van der Waals surface area contributed by atoms with E-state index in [1.54, 1.807) is 11.6 Å². The monoisotopic (exact) mass is 376 g/mol. The molecule has 0 atom stereocenters. The Bertz CT molecular complexity index is 1270. The topological polar surface area (TPSA) is 65.5 Å². The molecule has 5 rings (SSSR count). The van der Waals surface area contributed by atoms with Crippen LogP contribution in [-0.2, 0) is 6.42 Å². The second-order valence-electron chi connectivity index (χ2n) is 6.25. The van der Waals surface area contributed by atoms with Crippen LogP contribution in [0.1, 0.15) is 16.1 Å². The Morgan fingerprint density at radius 3 is 2.74 bits per heavy atom. The van der Waals surface area contributed by atoms with Gasteiger partial charge in [-0.1, -0.05) is 47.7 Å². The molecule has 0 saturated heterocycles. The number of hydrogen-bond donors (Lipinski definition) is 0. The largest absolute Gasteiger partial charge is 0.496 e. The molecule has 5 aromatic rings. The van der Waals surface area contributed by atoms with Crippen molar-refractivity contribution in [3.05, 3.63) is 64.7 Å². The SMILES string of the molecule is COc1ccccc1Cc1nn2c(-c3oc4ccccc4c3C)nnc2s1. The van der Waals surface area contributed by atoms with Gasteiger partial charge >= 0.3 is 0 Å². The van der Waals surface area contributed by atoms with Gasteiger partial charge in [-0.05, 0) is 19.1 Å². The summed E-state index contributed by atoms with van der Waals surface area (Å²) in [6.07, 6.45) is 0.677. The highest BCUT2D eigenvalue weighted by Crippen LogP contribution is 2.33. The Morgan fingerprint density at radius 2 is 1.89 bits per heavy atom. The Morgan fingerprint density at radius 1 is 1.07 bits per heavy atom. The van der Waals surface area contributed by atoms with Crippen LogP contribution in [0.3, 0.4) is 0 Å². The van der Waals surface area contributed by atoms with Crippen molar-refractivity contribution in [2.75, 3.05) is 7.11 Å². The second kappa shape index (κ2) is 6.21. The molecule has 0 aliphatic heterocycles. The highest BCUT2D eigenvalue weighted by atomic mass is 32.1. The first kappa shape index (κ1) is 16.0. The summed E-state index contributed by atoms with van der Waals surface area (Å²) < 4.78 is 13.2. The van der Waals surface area contributed by atoms with Gasteiger partial charge in [-0.2, -0.15) is 9.61 Å². The van der Waals surface area contributed by atoms with Crippen molar-refractivity contribution in [1.29, 1.82) is 0 Å². The van der Waals surface area contributed by atoms with Gasteiger partial charge in [0.05, 0.1) is 7.11 Å². The fourth-order valence-corrected chi connectivity index (χ4v) is 4.13. The molecule has 134 valence electrons. The smallest absolute Gasteiger partial charge is 0.235 e. The van der Waals surface area contributed by atoms with Crippen LogP contribution >= 0.6 is 11.3 Å². The average Bonchev–Trinajstić information content (AvgIpc) is 3.35. The lowest BCUT2D eigenvalue weighted by Crippen LogP contribution is -1.96. The molecule has 2 aromatic carbocycles. The zero-order chi connectivity index (χ0) is 18.4. The molecule has 0 fully saturated rings. The third kappa shape index (κ3) is 2.59. The van der Waals surface area contributed by atoms with Crippen molar-refractivity contribution in [2.45, 2.75) is 13.3 Å². The summed E-state index contributed by atoms with van der Waals surface area (Å²) in [5, 5.41) is 15.3. The summed E-state index contributed by atoms with van der Waals surface area (Å²) in [7, 11) is 1.68. The van der Waals surface area contributed by atoms with E-state index < -0.39 is 0 Å². The predicted molar refractivity (Wildman–Crippen MR) is 104 cm³/mol. The van der Waals surface area contributed by atoms with Crippen molar-refractivity contribution in [3.8, 4) is 17.3 Å². The molecule has 3 aromatic heterocycles. The lowest BCUT2D eigenvalue weighted by molar-refractivity contribution is 0.410. The van der Waals surface area contributed by atoms with Crippen LogP contribution in [0.25, 0.3) is 27.5 Å². The number of methoxy groups -OCH3 is 1. The van der Waals surface area contributed by atoms with Crippen LogP contribution in [0, 0.1) is 6.92 Å². The first-order valence-electron chi connectivity index (χ1n) is 8.56. The van der Waals surface area contributed by atoms with E-state index in [0.717, 1.165) is 37.8 Å². The lowest BCUT2D eigenvalue weighted by Gasteiger charge is -2.05. The van der Waals surface area contributed by atoms with Crippen LogP contribution in [-0.4, -0.2) is 26.9 Å². The summed E-state index contributed by atoms with van der Waals surface area (Å²) in [4.78, 5) is 0.745. The van der Waals surface area contributed by atoms with Gasteiger partial charge in [-0.3, -0.25) is 0 Å². The molecule has 0 amide bonds. The third-order valence-electron chi connectivity index (χ3n) is 4.61. The molecule has 6 nitrogen and oxygen atoms in total. The Labute approximate surface area is 159 Å². The first-order chi connectivity index (χ1) is 13.2. The normalized spacial score (nSPS) is 11.5. The number of aryl methyl sites for hydroxylation is 1. The second-order valence-corrected chi connectivity index (χ2v) is 7.30. The lowest BCUT2D eigenvalue weighted by atomic mass is 10.1. The molecule has 0 bridgehead atoms. The van der Waals surface area contributed by atoms with E-state index in [0.29, 0.717) is 18.0 Å². The number of ether oxygens (including phenoxy) is 1. The highest BCUT2D eigenvalue weighted by molar-refractivity contribution is 7.16. The zero-order valence-corrected chi connectivity index (χ0v) is 15.7. The average molecular weight is 376 g/mol. The summed E-state index contributed by atoms with van der Waals surface area (Å²) in [5.41, 5.74) is 2.97. The molecule has 0 aliphatic rings. The van der Waals surface area contributed by atoms with Crippen molar-refractivity contribution in [2.24, 2.45) is 0 Å². The van der Waals surface area contributed by atoms with Crippen molar-refractivity contribution in [3.63, 3.8) is 0 Å². The van der Waals surface area contributed by atoms with Crippen molar-refractivity contribution in [1.82, 2.24) is 19.8 Å². The van der Waals surface area contributed by atoms with E-state index in [1.807, 2.05) is 55.5 Å². The number of furan rings is 1. The Balaban J connectivity index is 1.58. The number of aromatic nitrogens is 4. The van der Waals surface area contributed by atoms with Crippen LogP contribution in [0.2, 0.25) is 0 Å². The minimum Gasteiger partial charge on any atom is -0.496 e. The van der Waals surface area contributed by atoms with Gasteiger partial charge in [-0.25, -0.2) is 0 Å². The fourth-order valence-electron chi connectivity index (χ4n) is 3.27. The van der Waals surface area contributed by atoms with Crippen LogP contribution in [0.5, 0.6) is 5.75 Å². The molecule has 7 heteroatoms. The molecule has 0 radical (unpaired) electrons. The minimum atomic E-state index is 0.626. The summed E-state index contributed by atoms with van der Waals surface area (Å²) in [5.74, 6) is 2.19. The van der Waals surface area contributed by atoms with Crippen LogP contribution < -0.4 is 4.74 Å². The molecular weight excluding hydrogens is 360 g/mol. The number of hydrogen-bond acceptors (Lipinski definition) is 6. The maximum Gasteiger partial charge on any atom is 0.235 e. The molecular formula is C20H16N4O2S. The molecule has 3 heterocycles. The van der Waals surface area contributed by atoms with Gasteiger partial charge < -0.3 is 9.15 Å². The molecule has 0 unspecified atom stereocenters. The minimum absolute atomic E-state index is 0.626. The van der Waals surface area contributed by atoms with E-state index in [9.17, 15) is 0 Å². The Hall–Kier alpha value is -3.19. The number of para-hydroxylation sites is 2. The molecule has 0 spiro atoms. The third-order valence-corrected chi connectivity index (χ3v) is 5.51. The number of rotatable bonds is 4. The maximum atomic E-state index is 6.04. The van der Waals surface area contributed by atoms with Crippen LogP contribution in [0.4, 0.5) is 0 Å². The quantitative estimate of drug-likeness (QED) is 0.462. The van der Waals surface area contributed by atoms with Crippen molar-refractivity contribution >= 4 is 27.3 Å². The van der Waals surface area contributed by atoms with E-state index >= 15 is 0 Å². The fraction of sp³-hybridized carbons (Fsp3) is 0.150. The Kier molecular flexibility index (Phi) is 3.68. The zero-order valence-electron chi connectivity index (χ0n) is 14.8. The number of fused-ring (bicyclic) bond motifs is 2. The van der Waals surface area contributed by atoms with E-state index in [-0.39, 0.29) is 0 Å². The molecule has 0 saturated carbocycles. The molecule has 0 aliphatic carbocycles. The van der Waals surface area contributed by atoms with Gasteiger partial charge in [0, 0.05) is 22.9 Å². The summed E-state index contributed by atoms with van der Waals surface area (Å²) in [6, 6.07) is 15.9. The first-order valence-corrected chi connectivity index (χ1v) is 9.38. The van der Waals surface area contributed by atoms with Crippen LogP contribution in [0.15, 0.2) is 52.9 Å². The molecule has 27 heavy (non-hydrogen) atoms. The highest BCUT2D eigenvalue weighted by Gasteiger charge is 2.20. The van der Waals surface area contributed by atoms with E-state index in [1.165, 1.54) is 11.3 Å². The van der Waals surface area contributed by atoms with Gasteiger partial charge in [-0.15, -0.1) is 10.2 Å². The molecule has 0 N–H and O–H groups in total. The maximum absolute atomic E-state index is 6.04. The number of benzene rings is 2. The van der Waals surface area contributed by atoms with Gasteiger partial charge in [0.2, 0.25) is 10.8 Å². The van der Waals surface area contributed by atoms with Gasteiger partial charge in [0.25, 0.3) is 0 Å². The predicted octanol–water partition coefficient (Wildman–Crippen LogP) is 4.51. The van der Waals surface area contributed by atoms with Gasteiger partial charge in [0.1, 0.15) is 16.3 Å². The summed E-state index contributed by atoms with van der Waals surface area (Å²) in [6.45, 7) is 2.03. The van der Waals surface area contributed by atoms with Gasteiger partial charge in [0.15, 0.2) is 5.76 Å². The van der Waals surface area contributed by atoms with E-state index in [4.69, 9.17) is 14.3 Å². The van der Waals surface area contributed by atoms with Crippen molar-refractivity contribution < 1.29 is 9.15 Å². The number of nitrogens with zero attached hydrogens (tertiary/aromatic N) is 4.